The van der Waals surface area contributed by atoms with E-state index in [1.54, 1.807) is 12.0 Å². The van der Waals surface area contributed by atoms with Gasteiger partial charge in [-0.15, -0.1) is 0 Å². The van der Waals surface area contributed by atoms with E-state index in [4.69, 9.17) is 4.74 Å². The average molecular weight is 374 g/mol. The van der Waals surface area contributed by atoms with Crippen molar-refractivity contribution in [3.8, 4) is 5.75 Å². The minimum absolute atomic E-state index is 0.0196. The molecular weight excluding hydrogens is 352 g/mol. The number of benzene rings is 3. The Balaban J connectivity index is 1.48. The first-order chi connectivity index (χ1) is 13.7. The number of hydrogen-bond acceptors (Lipinski definition) is 3. The SMILES string of the molecule is COc1ccccc1CNC(=O)[C@H]1CC(=O)N(c2cccc3ccccc23)C1. The third kappa shape index (κ3) is 3.43. The fourth-order valence-electron chi connectivity index (χ4n) is 3.74. The lowest BCUT2D eigenvalue weighted by Gasteiger charge is -2.19. The number of methoxy groups -OCH3 is 1. The third-order valence-corrected chi connectivity index (χ3v) is 5.20. The molecular formula is C23H22N2O3. The van der Waals surface area contributed by atoms with Crippen LogP contribution in [0.15, 0.2) is 66.7 Å². The van der Waals surface area contributed by atoms with Crippen molar-refractivity contribution in [1.82, 2.24) is 5.32 Å². The summed E-state index contributed by atoms with van der Waals surface area (Å²) in [5.74, 6) is 0.250. The summed E-state index contributed by atoms with van der Waals surface area (Å²) in [5, 5.41) is 5.05. The van der Waals surface area contributed by atoms with E-state index in [0.29, 0.717) is 13.1 Å². The minimum atomic E-state index is -0.360. The first-order valence-corrected chi connectivity index (χ1v) is 9.35. The molecule has 28 heavy (non-hydrogen) atoms. The highest BCUT2D eigenvalue weighted by molar-refractivity contribution is 6.06. The van der Waals surface area contributed by atoms with Gasteiger partial charge in [-0.3, -0.25) is 9.59 Å². The van der Waals surface area contributed by atoms with Crippen LogP contribution in [0.5, 0.6) is 5.75 Å². The topological polar surface area (TPSA) is 58.6 Å². The lowest BCUT2D eigenvalue weighted by atomic mass is 10.1. The number of nitrogens with zero attached hydrogens (tertiary/aromatic N) is 1. The van der Waals surface area contributed by atoms with Crippen LogP contribution < -0.4 is 15.0 Å². The molecule has 1 N–H and O–H groups in total. The van der Waals surface area contributed by atoms with Crippen LogP contribution in [-0.2, 0) is 16.1 Å². The van der Waals surface area contributed by atoms with Crippen molar-refractivity contribution in [2.24, 2.45) is 5.92 Å². The number of carbonyl (C=O) groups excluding carboxylic acids is 2. The first-order valence-electron chi connectivity index (χ1n) is 9.35. The molecule has 1 heterocycles. The van der Waals surface area contributed by atoms with E-state index in [1.807, 2.05) is 66.7 Å². The maximum atomic E-state index is 12.7. The predicted molar refractivity (Wildman–Crippen MR) is 109 cm³/mol. The van der Waals surface area contributed by atoms with Crippen molar-refractivity contribution in [2.75, 3.05) is 18.6 Å². The van der Waals surface area contributed by atoms with Crippen LogP contribution in [0.4, 0.5) is 5.69 Å². The van der Waals surface area contributed by atoms with Crippen LogP contribution in [0.3, 0.4) is 0 Å². The van der Waals surface area contributed by atoms with Crippen LogP contribution in [0, 0.1) is 5.92 Å². The van der Waals surface area contributed by atoms with Gasteiger partial charge in [0.15, 0.2) is 0 Å². The van der Waals surface area contributed by atoms with Crippen molar-refractivity contribution >= 4 is 28.3 Å². The van der Waals surface area contributed by atoms with Gasteiger partial charge in [0, 0.05) is 30.5 Å². The Labute approximate surface area is 163 Å². The Bertz CT molecular complexity index is 1030. The van der Waals surface area contributed by atoms with Gasteiger partial charge in [0.1, 0.15) is 5.75 Å². The molecule has 2 amide bonds. The second kappa shape index (κ2) is 7.72. The fraction of sp³-hybridized carbons (Fsp3) is 0.217. The molecule has 3 aromatic rings. The van der Waals surface area contributed by atoms with Crippen LogP contribution in [0.2, 0.25) is 0 Å². The van der Waals surface area contributed by atoms with E-state index in [-0.39, 0.29) is 24.2 Å². The van der Waals surface area contributed by atoms with Gasteiger partial charge in [-0.25, -0.2) is 0 Å². The summed E-state index contributed by atoms with van der Waals surface area (Å²) in [5.41, 5.74) is 1.77. The van der Waals surface area contributed by atoms with Crippen molar-refractivity contribution < 1.29 is 14.3 Å². The summed E-state index contributed by atoms with van der Waals surface area (Å²) in [6.45, 7) is 0.770. The Morgan fingerprint density at radius 2 is 1.82 bits per heavy atom. The number of ether oxygens (including phenoxy) is 1. The molecule has 0 saturated carbocycles. The normalized spacial score (nSPS) is 16.4. The van der Waals surface area contributed by atoms with E-state index >= 15 is 0 Å². The van der Waals surface area contributed by atoms with Crippen molar-refractivity contribution in [2.45, 2.75) is 13.0 Å². The monoisotopic (exact) mass is 374 g/mol. The molecule has 0 spiro atoms. The van der Waals surface area contributed by atoms with Gasteiger partial charge < -0.3 is 15.0 Å². The number of nitrogens with one attached hydrogen (secondary N) is 1. The Kier molecular flexibility index (Phi) is 4.98. The number of hydrogen-bond donors (Lipinski definition) is 1. The predicted octanol–water partition coefficient (Wildman–Crippen LogP) is 3.52. The number of anilines is 1. The molecule has 4 rings (SSSR count). The van der Waals surface area contributed by atoms with Gasteiger partial charge >= 0.3 is 0 Å². The number of fused-ring (bicyclic) bond motifs is 1. The molecule has 3 aromatic carbocycles. The lowest BCUT2D eigenvalue weighted by Crippen LogP contribution is -2.32. The standard InChI is InChI=1S/C23H22N2O3/c1-28-21-12-5-3-8-17(21)14-24-23(27)18-13-22(26)25(15-18)20-11-6-9-16-7-2-4-10-19(16)20/h2-12,18H,13-15H2,1H3,(H,24,27)/t18-/m0/s1. The molecule has 1 fully saturated rings. The van der Waals surface area contributed by atoms with E-state index in [0.717, 1.165) is 27.8 Å². The summed E-state index contributed by atoms with van der Waals surface area (Å²) in [6, 6.07) is 21.5. The first kappa shape index (κ1) is 18.0. The smallest absolute Gasteiger partial charge is 0.227 e. The summed E-state index contributed by atoms with van der Waals surface area (Å²) in [6.07, 6.45) is 0.223. The molecule has 0 radical (unpaired) electrons. The Morgan fingerprint density at radius 1 is 1.07 bits per heavy atom. The van der Waals surface area contributed by atoms with Gasteiger partial charge in [0.25, 0.3) is 0 Å². The van der Waals surface area contributed by atoms with Gasteiger partial charge in [-0.05, 0) is 17.5 Å². The summed E-state index contributed by atoms with van der Waals surface area (Å²) in [7, 11) is 1.61. The highest BCUT2D eigenvalue weighted by Crippen LogP contribution is 2.31. The number of amides is 2. The van der Waals surface area contributed by atoms with E-state index < -0.39 is 0 Å². The minimum Gasteiger partial charge on any atom is -0.496 e. The largest absolute Gasteiger partial charge is 0.496 e. The molecule has 1 saturated heterocycles. The Morgan fingerprint density at radius 3 is 2.68 bits per heavy atom. The molecule has 0 unspecified atom stereocenters. The van der Waals surface area contributed by atoms with E-state index in [9.17, 15) is 9.59 Å². The number of para-hydroxylation sites is 1. The Hall–Kier alpha value is -3.34. The third-order valence-electron chi connectivity index (χ3n) is 5.20. The van der Waals surface area contributed by atoms with E-state index in [2.05, 4.69) is 5.32 Å². The molecule has 142 valence electrons. The zero-order valence-corrected chi connectivity index (χ0v) is 15.7. The summed E-state index contributed by atoms with van der Waals surface area (Å²) >= 11 is 0. The molecule has 0 aliphatic carbocycles. The van der Waals surface area contributed by atoms with Crippen molar-refractivity contribution in [3.63, 3.8) is 0 Å². The quantitative estimate of drug-likeness (QED) is 0.743. The van der Waals surface area contributed by atoms with Crippen LogP contribution in [-0.4, -0.2) is 25.5 Å². The molecule has 1 aliphatic heterocycles. The summed E-state index contributed by atoms with van der Waals surface area (Å²) in [4.78, 5) is 27.0. The average Bonchev–Trinajstić information content (AvgIpc) is 3.13. The van der Waals surface area contributed by atoms with Gasteiger partial charge in [-0.2, -0.15) is 0 Å². The molecule has 1 atom stereocenters. The van der Waals surface area contributed by atoms with Crippen molar-refractivity contribution in [1.29, 1.82) is 0 Å². The second-order valence-electron chi connectivity index (χ2n) is 6.93. The van der Waals surface area contributed by atoms with Crippen LogP contribution in [0.25, 0.3) is 10.8 Å². The van der Waals surface area contributed by atoms with Crippen molar-refractivity contribution in [3.05, 3.63) is 72.3 Å². The van der Waals surface area contributed by atoms with E-state index in [1.165, 1.54) is 0 Å². The molecule has 5 heteroatoms. The van der Waals surface area contributed by atoms with Gasteiger partial charge in [-0.1, -0.05) is 54.6 Å². The highest BCUT2D eigenvalue weighted by Gasteiger charge is 2.35. The molecule has 1 aliphatic rings. The number of rotatable bonds is 5. The molecule has 0 aromatic heterocycles. The highest BCUT2D eigenvalue weighted by atomic mass is 16.5. The number of carbonyl (C=O) groups is 2. The lowest BCUT2D eigenvalue weighted by molar-refractivity contribution is -0.126. The van der Waals surface area contributed by atoms with Gasteiger partial charge in [0.05, 0.1) is 18.7 Å². The van der Waals surface area contributed by atoms with Gasteiger partial charge in [0.2, 0.25) is 11.8 Å². The molecule has 5 nitrogen and oxygen atoms in total. The maximum Gasteiger partial charge on any atom is 0.227 e. The zero-order chi connectivity index (χ0) is 19.5. The fourth-order valence-corrected chi connectivity index (χ4v) is 3.74. The maximum absolute atomic E-state index is 12.7. The van der Waals surface area contributed by atoms with Crippen LogP contribution in [0.1, 0.15) is 12.0 Å². The van der Waals surface area contributed by atoms with Crippen LogP contribution >= 0.6 is 0 Å². The summed E-state index contributed by atoms with van der Waals surface area (Å²) < 4.78 is 5.32. The second-order valence-corrected chi connectivity index (χ2v) is 6.93. The zero-order valence-electron chi connectivity index (χ0n) is 15.7. The molecule has 0 bridgehead atoms.